The first-order chi connectivity index (χ1) is 3.31. The first kappa shape index (κ1) is 6.76. The Morgan fingerprint density at radius 1 is 2.00 bits per heavy atom. The molecule has 3 heteroatoms. The molecule has 0 aromatic carbocycles. The number of hydrogen-bond donors (Lipinski definition) is 1. The third kappa shape index (κ3) is 3.59. The lowest BCUT2D eigenvalue weighted by Gasteiger charge is -1.92. The number of thiocarbonyl (C=S) groups is 1. The Kier molecular flexibility index (Phi) is 3.80. The van der Waals surface area contributed by atoms with Crippen LogP contribution >= 0.6 is 12.2 Å². The summed E-state index contributed by atoms with van der Waals surface area (Å²) in [7, 11) is 0. The van der Waals surface area contributed by atoms with E-state index in [9.17, 15) is 0 Å². The molecular weight excluding hydrogens is 110 g/mol. The van der Waals surface area contributed by atoms with Crippen LogP contribution in [0.1, 0.15) is 6.92 Å². The van der Waals surface area contributed by atoms with E-state index in [0.717, 1.165) is 0 Å². The van der Waals surface area contributed by atoms with Gasteiger partial charge >= 0.3 is 0 Å². The van der Waals surface area contributed by atoms with Gasteiger partial charge in [-0.25, -0.2) is 4.99 Å². The molecule has 0 rings (SSSR count). The smallest absolute Gasteiger partial charge is 0.0805 e. The van der Waals surface area contributed by atoms with Crippen molar-refractivity contribution in [2.45, 2.75) is 13.0 Å². The number of nitrogens with zero attached hydrogens (tertiary/aromatic N) is 1. The van der Waals surface area contributed by atoms with Gasteiger partial charge in [0.15, 0.2) is 0 Å². The van der Waals surface area contributed by atoms with Crippen molar-refractivity contribution in [2.24, 2.45) is 4.99 Å². The molecule has 0 heterocycles. The minimum Gasteiger partial charge on any atom is -0.394 e. The van der Waals surface area contributed by atoms with Crippen LogP contribution in [0.15, 0.2) is 4.99 Å². The molecule has 1 unspecified atom stereocenters. The fourth-order valence-corrected chi connectivity index (χ4v) is 0.311. The minimum atomic E-state index is -0.0856. The number of rotatable bonds is 2. The van der Waals surface area contributed by atoms with Gasteiger partial charge in [0.2, 0.25) is 0 Å². The van der Waals surface area contributed by atoms with Crippen LogP contribution in [-0.4, -0.2) is 22.9 Å². The third-order valence-electron chi connectivity index (χ3n) is 0.537. The highest BCUT2D eigenvalue weighted by atomic mass is 32.1. The van der Waals surface area contributed by atoms with Gasteiger partial charge in [-0.1, -0.05) is 0 Å². The molecular formula is C4H7NOS. The molecule has 0 aromatic heterocycles. The van der Waals surface area contributed by atoms with E-state index in [2.05, 4.69) is 22.4 Å². The molecule has 0 saturated carbocycles. The summed E-state index contributed by atoms with van der Waals surface area (Å²) in [5.41, 5.74) is 0. The molecule has 0 fully saturated rings. The van der Waals surface area contributed by atoms with Gasteiger partial charge in [0, 0.05) is 0 Å². The van der Waals surface area contributed by atoms with Gasteiger partial charge < -0.3 is 5.11 Å². The summed E-state index contributed by atoms with van der Waals surface area (Å²) < 4.78 is 0. The second-order valence-corrected chi connectivity index (χ2v) is 1.43. The maximum absolute atomic E-state index is 8.29. The summed E-state index contributed by atoms with van der Waals surface area (Å²) in [5.74, 6) is 0. The second-order valence-electron chi connectivity index (χ2n) is 1.25. The summed E-state index contributed by atoms with van der Waals surface area (Å²) in [6.07, 6.45) is 0. The van der Waals surface area contributed by atoms with Crippen molar-refractivity contribution < 1.29 is 5.11 Å². The van der Waals surface area contributed by atoms with E-state index in [1.54, 1.807) is 6.92 Å². The Morgan fingerprint density at radius 3 is 2.71 bits per heavy atom. The standard InChI is InChI=1S/C4H7NOS/c1-4(2-6)5-3-7/h4,6H,2H2,1H3. The van der Waals surface area contributed by atoms with Gasteiger partial charge in [0.1, 0.15) is 0 Å². The highest BCUT2D eigenvalue weighted by Crippen LogP contribution is 1.81. The first-order valence-corrected chi connectivity index (χ1v) is 2.40. The zero-order valence-corrected chi connectivity index (χ0v) is 4.90. The number of isothiocyanates is 1. The SMILES string of the molecule is CC(CO)N=C=S. The summed E-state index contributed by atoms with van der Waals surface area (Å²) in [4.78, 5) is 3.56. The molecule has 0 spiro atoms. The predicted molar refractivity (Wildman–Crippen MR) is 31.6 cm³/mol. The average molecular weight is 117 g/mol. The largest absolute Gasteiger partial charge is 0.394 e. The van der Waals surface area contributed by atoms with Gasteiger partial charge in [-0.15, -0.1) is 0 Å². The van der Waals surface area contributed by atoms with E-state index < -0.39 is 0 Å². The zero-order valence-electron chi connectivity index (χ0n) is 4.09. The number of aliphatic hydroxyl groups excluding tert-OH is 1. The highest BCUT2D eigenvalue weighted by molar-refractivity contribution is 7.78. The highest BCUT2D eigenvalue weighted by Gasteiger charge is 1.89. The van der Waals surface area contributed by atoms with E-state index in [1.807, 2.05) is 0 Å². The third-order valence-corrected chi connectivity index (χ3v) is 0.643. The summed E-state index contributed by atoms with van der Waals surface area (Å²) in [6.45, 7) is 1.81. The van der Waals surface area contributed by atoms with E-state index in [0.29, 0.717) is 0 Å². The predicted octanol–water partition coefficient (Wildman–Crippen LogP) is 0.470. The first-order valence-electron chi connectivity index (χ1n) is 1.99. The molecule has 0 aromatic rings. The van der Waals surface area contributed by atoms with Gasteiger partial charge in [-0.05, 0) is 19.1 Å². The van der Waals surface area contributed by atoms with Crippen molar-refractivity contribution in [3.8, 4) is 0 Å². The van der Waals surface area contributed by atoms with Crippen LogP contribution in [0.2, 0.25) is 0 Å². The van der Waals surface area contributed by atoms with Crippen LogP contribution in [0.5, 0.6) is 0 Å². The van der Waals surface area contributed by atoms with E-state index in [1.165, 1.54) is 0 Å². The Balaban J connectivity index is 3.35. The van der Waals surface area contributed by atoms with Crippen molar-refractivity contribution in [1.82, 2.24) is 0 Å². The quantitative estimate of drug-likeness (QED) is 0.421. The summed E-state index contributed by atoms with van der Waals surface area (Å²) in [5, 5.41) is 10.5. The molecule has 0 amide bonds. The lowest BCUT2D eigenvalue weighted by atomic mass is 10.4. The zero-order chi connectivity index (χ0) is 5.70. The fraction of sp³-hybridized carbons (Fsp3) is 0.750. The minimum absolute atomic E-state index is 0.0453. The van der Waals surface area contributed by atoms with Gasteiger partial charge in [0.25, 0.3) is 0 Å². The van der Waals surface area contributed by atoms with Gasteiger partial charge in [-0.3, -0.25) is 0 Å². The van der Waals surface area contributed by atoms with Crippen molar-refractivity contribution in [3.05, 3.63) is 0 Å². The van der Waals surface area contributed by atoms with Crippen LogP contribution < -0.4 is 0 Å². The molecule has 0 aliphatic carbocycles. The van der Waals surface area contributed by atoms with Crippen LogP contribution in [0.3, 0.4) is 0 Å². The van der Waals surface area contributed by atoms with E-state index >= 15 is 0 Å². The monoisotopic (exact) mass is 117 g/mol. The lowest BCUT2D eigenvalue weighted by Crippen LogP contribution is -2.01. The average Bonchev–Trinajstić information content (AvgIpc) is 1.68. The van der Waals surface area contributed by atoms with Gasteiger partial charge in [-0.2, -0.15) is 0 Å². The van der Waals surface area contributed by atoms with Crippen LogP contribution in [0, 0.1) is 0 Å². The Morgan fingerprint density at radius 2 is 2.57 bits per heavy atom. The summed E-state index contributed by atoms with van der Waals surface area (Å²) in [6, 6.07) is -0.0856. The fourth-order valence-electron chi connectivity index (χ4n) is 0.131. The molecule has 1 atom stereocenters. The van der Waals surface area contributed by atoms with E-state index in [4.69, 9.17) is 5.11 Å². The van der Waals surface area contributed by atoms with Crippen LogP contribution in [0.25, 0.3) is 0 Å². The Bertz CT molecular complexity index is 87.7. The maximum atomic E-state index is 8.29. The van der Waals surface area contributed by atoms with Gasteiger partial charge in [0.05, 0.1) is 17.8 Å². The topological polar surface area (TPSA) is 32.6 Å². The van der Waals surface area contributed by atoms with Crippen molar-refractivity contribution in [2.75, 3.05) is 6.61 Å². The summed E-state index contributed by atoms with van der Waals surface area (Å²) >= 11 is 4.27. The number of aliphatic hydroxyl groups is 1. The van der Waals surface area contributed by atoms with E-state index in [-0.39, 0.29) is 12.6 Å². The van der Waals surface area contributed by atoms with Crippen molar-refractivity contribution in [3.63, 3.8) is 0 Å². The Hall–Kier alpha value is -0.240. The second kappa shape index (κ2) is 3.93. The number of hydrogen-bond acceptors (Lipinski definition) is 3. The van der Waals surface area contributed by atoms with Crippen molar-refractivity contribution in [1.29, 1.82) is 0 Å². The van der Waals surface area contributed by atoms with Crippen LogP contribution in [0.4, 0.5) is 0 Å². The maximum Gasteiger partial charge on any atom is 0.0805 e. The molecule has 1 N–H and O–H groups in total. The molecule has 0 saturated heterocycles. The molecule has 0 bridgehead atoms. The van der Waals surface area contributed by atoms with Crippen molar-refractivity contribution >= 4 is 17.4 Å². The molecule has 40 valence electrons. The lowest BCUT2D eigenvalue weighted by molar-refractivity contribution is 0.275. The molecule has 0 aliphatic heterocycles. The Labute approximate surface area is 47.9 Å². The number of aliphatic imine (C=N–C) groups is 1. The molecule has 0 aliphatic rings. The van der Waals surface area contributed by atoms with Crippen LogP contribution in [-0.2, 0) is 0 Å². The normalized spacial score (nSPS) is 12.3. The molecule has 2 nitrogen and oxygen atoms in total. The molecule has 7 heavy (non-hydrogen) atoms. The molecule has 0 radical (unpaired) electrons.